The minimum absolute atomic E-state index is 0.179. The smallest absolute Gasteiger partial charge is 0.334 e. The van der Waals surface area contributed by atoms with Gasteiger partial charge in [-0.15, -0.1) is 0 Å². The molecule has 4 amide bonds. The lowest BCUT2D eigenvalue weighted by atomic mass is 10.1. The zero-order valence-electron chi connectivity index (χ0n) is 13.4. The molecule has 1 heterocycles. The average Bonchev–Trinajstić information content (AvgIpc) is 2.76. The Balaban J connectivity index is 2.13. The molecule has 0 radical (unpaired) electrons. The van der Waals surface area contributed by atoms with Crippen LogP contribution in [0.3, 0.4) is 0 Å². The number of amides is 4. The van der Waals surface area contributed by atoms with E-state index in [1.165, 1.54) is 13.2 Å². The average molecular weight is 397 g/mol. The van der Waals surface area contributed by atoms with Crippen LogP contribution in [0.1, 0.15) is 30.1 Å². The third-order valence-electron chi connectivity index (χ3n) is 3.65. The van der Waals surface area contributed by atoms with Crippen LogP contribution in [0.15, 0.2) is 22.7 Å². The highest BCUT2D eigenvalue weighted by Crippen LogP contribution is 2.26. The second-order valence-electron chi connectivity index (χ2n) is 5.26. The Morgan fingerprint density at radius 2 is 1.83 bits per heavy atom. The van der Waals surface area contributed by atoms with Gasteiger partial charge in [0.15, 0.2) is 5.78 Å². The number of ketones is 1. The molecule has 0 unspecified atom stereocenters. The van der Waals surface area contributed by atoms with Gasteiger partial charge in [-0.1, -0.05) is 13.3 Å². The Morgan fingerprint density at radius 3 is 2.42 bits per heavy atom. The normalized spacial score (nSPS) is 14.5. The summed E-state index contributed by atoms with van der Waals surface area (Å²) in [5, 5.41) is 0. The number of rotatable bonds is 7. The Bertz CT molecular complexity index is 704. The first-order valence-electron chi connectivity index (χ1n) is 7.44. The molecule has 0 aliphatic carbocycles. The van der Waals surface area contributed by atoms with Crippen LogP contribution in [0, 0.1) is 0 Å². The molecule has 0 aromatic heterocycles. The maximum absolute atomic E-state index is 12.3. The Hall–Kier alpha value is -2.22. The zero-order valence-corrected chi connectivity index (χ0v) is 15.0. The van der Waals surface area contributed by atoms with Crippen molar-refractivity contribution in [3.05, 3.63) is 28.2 Å². The predicted octanol–water partition coefficient (Wildman–Crippen LogP) is 2.23. The van der Waals surface area contributed by atoms with Crippen molar-refractivity contribution < 1.29 is 23.9 Å². The van der Waals surface area contributed by atoms with Gasteiger partial charge in [-0.25, -0.2) is 9.69 Å². The summed E-state index contributed by atoms with van der Waals surface area (Å²) in [7, 11) is 1.50. The van der Waals surface area contributed by atoms with E-state index >= 15 is 0 Å². The Labute approximate surface area is 147 Å². The number of Topliss-reactive ketones (excluding diaryl/α,β-unsaturated/α-hetero) is 1. The standard InChI is InChI=1S/C16H17BrN2O5/c1-3-4-7-18-14(21)15(22)19(16(18)23)9-12(20)10-5-6-13(24-2)11(17)8-10/h5-6,8H,3-4,7,9H2,1-2H3. The molecule has 1 fully saturated rings. The zero-order chi connectivity index (χ0) is 17.9. The molecule has 1 aromatic rings. The molecule has 0 saturated carbocycles. The van der Waals surface area contributed by atoms with Crippen molar-refractivity contribution >= 4 is 39.6 Å². The molecule has 1 aliphatic heterocycles. The van der Waals surface area contributed by atoms with Gasteiger partial charge in [0.05, 0.1) is 18.1 Å². The molecule has 1 aromatic carbocycles. The van der Waals surface area contributed by atoms with Gasteiger partial charge >= 0.3 is 17.8 Å². The second kappa shape index (κ2) is 7.57. The lowest BCUT2D eigenvalue weighted by Gasteiger charge is -2.14. The number of unbranched alkanes of at least 4 members (excludes halogenated alkanes) is 1. The van der Waals surface area contributed by atoms with Crippen LogP contribution >= 0.6 is 15.9 Å². The number of nitrogens with zero attached hydrogens (tertiary/aromatic N) is 2. The number of methoxy groups -OCH3 is 1. The van der Waals surface area contributed by atoms with Crippen molar-refractivity contribution in [3.8, 4) is 5.75 Å². The van der Waals surface area contributed by atoms with E-state index in [-0.39, 0.29) is 6.54 Å². The lowest BCUT2D eigenvalue weighted by molar-refractivity contribution is -0.143. The molecule has 0 spiro atoms. The fourth-order valence-corrected chi connectivity index (χ4v) is 2.82. The van der Waals surface area contributed by atoms with Crippen LogP contribution in [0.2, 0.25) is 0 Å². The van der Waals surface area contributed by atoms with E-state index in [2.05, 4.69) is 15.9 Å². The predicted molar refractivity (Wildman–Crippen MR) is 88.8 cm³/mol. The number of carbonyl (C=O) groups excluding carboxylic acids is 4. The van der Waals surface area contributed by atoms with Crippen molar-refractivity contribution in [2.24, 2.45) is 0 Å². The van der Waals surface area contributed by atoms with Crippen LogP contribution in [-0.4, -0.2) is 53.6 Å². The van der Waals surface area contributed by atoms with Crippen LogP contribution in [0.4, 0.5) is 4.79 Å². The number of benzene rings is 1. The molecule has 2 rings (SSSR count). The Kier molecular flexibility index (Phi) is 5.71. The molecule has 7 nitrogen and oxygen atoms in total. The van der Waals surface area contributed by atoms with Gasteiger partial charge in [0, 0.05) is 12.1 Å². The number of urea groups is 1. The highest BCUT2D eigenvalue weighted by molar-refractivity contribution is 9.10. The largest absolute Gasteiger partial charge is 0.496 e. The molecular formula is C16H17BrN2O5. The molecule has 8 heteroatoms. The SMILES string of the molecule is CCCCN1C(=O)C(=O)N(CC(=O)c2ccc(OC)c(Br)c2)C1=O. The fourth-order valence-electron chi connectivity index (χ4n) is 2.28. The second-order valence-corrected chi connectivity index (χ2v) is 6.11. The van der Waals surface area contributed by atoms with E-state index in [4.69, 9.17) is 4.74 Å². The van der Waals surface area contributed by atoms with Crippen LogP contribution in [-0.2, 0) is 9.59 Å². The lowest BCUT2D eigenvalue weighted by Crippen LogP contribution is -2.37. The van der Waals surface area contributed by atoms with Gasteiger partial charge in [-0.3, -0.25) is 19.3 Å². The van der Waals surface area contributed by atoms with E-state index < -0.39 is 30.2 Å². The summed E-state index contributed by atoms with van der Waals surface area (Å²) in [6, 6.07) is 3.94. The summed E-state index contributed by atoms with van der Waals surface area (Å²) in [5.74, 6) is -1.72. The maximum Gasteiger partial charge on any atom is 0.334 e. The van der Waals surface area contributed by atoms with Crippen molar-refractivity contribution in [2.75, 3.05) is 20.2 Å². The van der Waals surface area contributed by atoms with E-state index in [0.29, 0.717) is 27.1 Å². The van der Waals surface area contributed by atoms with Crippen molar-refractivity contribution in [2.45, 2.75) is 19.8 Å². The molecule has 0 bridgehead atoms. The maximum atomic E-state index is 12.3. The van der Waals surface area contributed by atoms with Gasteiger partial charge in [0.2, 0.25) is 0 Å². The molecule has 0 N–H and O–H groups in total. The number of hydrogen-bond acceptors (Lipinski definition) is 5. The summed E-state index contributed by atoms with van der Waals surface area (Å²) in [6.45, 7) is 1.62. The van der Waals surface area contributed by atoms with Gasteiger partial charge in [-0.2, -0.15) is 0 Å². The molecule has 1 saturated heterocycles. The summed E-state index contributed by atoms with van der Waals surface area (Å²) >= 11 is 3.27. The van der Waals surface area contributed by atoms with Crippen molar-refractivity contribution in [1.82, 2.24) is 9.80 Å². The van der Waals surface area contributed by atoms with Crippen molar-refractivity contribution in [1.29, 1.82) is 0 Å². The third-order valence-corrected chi connectivity index (χ3v) is 4.27. The summed E-state index contributed by atoms with van der Waals surface area (Å²) in [6.07, 6.45) is 1.39. The van der Waals surface area contributed by atoms with E-state index in [1.807, 2.05) is 6.92 Å². The molecule has 128 valence electrons. The monoisotopic (exact) mass is 396 g/mol. The number of hydrogen-bond donors (Lipinski definition) is 0. The molecule has 24 heavy (non-hydrogen) atoms. The number of imide groups is 2. The first-order chi connectivity index (χ1) is 11.4. The first-order valence-corrected chi connectivity index (χ1v) is 8.24. The van der Waals surface area contributed by atoms with Crippen LogP contribution in [0.5, 0.6) is 5.75 Å². The minimum Gasteiger partial charge on any atom is -0.496 e. The van der Waals surface area contributed by atoms with Crippen LogP contribution < -0.4 is 4.74 Å². The van der Waals surface area contributed by atoms with E-state index in [9.17, 15) is 19.2 Å². The summed E-state index contributed by atoms with van der Waals surface area (Å²) in [4.78, 5) is 49.9. The quantitative estimate of drug-likeness (QED) is 0.400. The number of halogens is 1. The van der Waals surface area contributed by atoms with E-state index in [1.54, 1.807) is 12.1 Å². The highest BCUT2D eigenvalue weighted by atomic mass is 79.9. The van der Waals surface area contributed by atoms with Gasteiger partial charge in [0.25, 0.3) is 0 Å². The molecule has 1 aliphatic rings. The highest BCUT2D eigenvalue weighted by Gasteiger charge is 2.44. The van der Waals surface area contributed by atoms with Gasteiger partial charge in [0.1, 0.15) is 5.75 Å². The topological polar surface area (TPSA) is 84.0 Å². The van der Waals surface area contributed by atoms with Crippen LogP contribution in [0.25, 0.3) is 0 Å². The third kappa shape index (κ3) is 3.48. The van der Waals surface area contributed by atoms with Gasteiger partial charge < -0.3 is 4.74 Å². The number of ether oxygens (including phenoxy) is 1. The summed E-state index contributed by atoms with van der Waals surface area (Å²) < 4.78 is 5.66. The molecular weight excluding hydrogens is 380 g/mol. The molecule has 0 atom stereocenters. The Morgan fingerprint density at radius 1 is 1.17 bits per heavy atom. The van der Waals surface area contributed by atoms with E-state index in [0.717, 1.165) is 11.3 Å². The number of carbonyl (C=O) groups is 4. The summed E-state index contributed by atoms with van der Waals surface area (Å²) in [5.41, 5.74) is 0.308. The first kappa shape index (κ1) is 18.1. The fraction of sp³-hybridized carbons (Fsp3) is 0.375. The van der Waals surface area contributed by atoms with Crippen molar-refractivity contribution in [3.63, 3.8) is 0 Å². The minimum atomic E-state index is -0.961. The van der Waals surface area contributed by atoms with Gasteiger partial charge in [-0.05, 0) is 40.5 Å².